The van der Waals surface area contributed by atoms with E-state index < -0.39 is 21.8 Å². The number of nitrogens with zero attached hydrogens (tertiary/aromatic N) is 1. The van der Waals surface area contributed by atoms with Gasteiger partial charge in [-0.05, 0) is 31.5 Å². The maximum absolute atomic E-state index is 12.1. The molecule has 1 aromatic rings. The molecular formula is C13H18ClN3O4S. The van der Waals surface area contributed by atoms with Crippen LogP contribution in [0.15, 0.2) is 23.1 Å². The average molecular weight is 348 g/mol. The third-order valence-corrected chi connectivity index (χ3v) is 4.72. The Bertz CT molecular complexity index is 703. The second-order valence-electron chi connectivity index (χ2n) is 5.04. The van der Waals surface area contributed by atoms with E-state index in [1.54, 1.807) is 6.92 Å². The highest BCUT2D eigenvalue weighted by Gasteiger charge is 2.33. The number of imide groups is 1. The summed E-state index contributed by atoms with van der Waals surface area (Å²) in [5, 5.41) is 0. The molecule has 0 aliphatic carbocycles. The molecule has 0 bridgehead atoms. The van der Waals surface area contributed by atoms with E-state index in [1.807, 2.05) is 0 Å². The standard InChI is InChI=1S/C13H17N3O4S.ClH/c1-8(14)5-6-15-21(19,20)9-3-4-10-11(7-9)13(18)16(2)12(10)17;/h3-4,7-8,15H,5-6,14H2,1-2H3;1H. The van der Waals surface area contributed by atoms with Gasteiger partial charge in [-0.25, -0.2) is 13.1 Å². The smallest absolute Gasteiger partial charge is 0.261 e. The van der Waals surface area contributed by atoms with E-state index >= 15 is 0 Å². The second kappa shape index (κ2) is 6.74. The monoisotopic (exact) mass is 347 g/mol. The molecule has 2 amide bonds. The van der Waals surface area contributed by atoms with Crippen LogP contribution in [-0.2, 0) is 10.0 Å². The minimum atomic E-state index is -3.72. The van der Waals surface area contributed by atoms with Crippen molar-refractivity contribution in [3.05, 3.63) is 29.3 Å². The lowest BCUT2D eigenvalue weighted by Crippen LogP contribution is -2.29. The highest BCUT2D eigenvalue weighted by atomic mass is 35.5. The quantitative estimate of drug-likeness (QED) is 0.747. The molecule has 0 fully saturated rings. The van der Waals surface area contributed by atoms with E-state index in [0.717, 1.165) is 4.90 Å². The summed E-state index contributed by atoms with van der Waals surface area (Å²) in [6.07, 6.45) is 0.504. The van der Waals surface area contributed by atoms with Gasteiger partial charge in [0.1, 0.15) is 0 Å². The number of benzene rings is 1. The van der Waals surface area contributed by atoms with Crippen molar-refractivity contribution in [3.8, 4) is 0 Å². The number of nitrogens with one attached hydrogen (secondary N) is 1. The van der Waals surface area contributed by atoms with Gasteiger partial charge in [-0.3, -0.25) is 14.5 Å². The van der Waals surface area contributed by atoms with E-state index in [0.29, 0.717) is 6.42 Å². The Morgan fingerprint density at radius 2 is 1.82 bits per heavy atom. The van der Waals surface area contributed by atoms with Gasteiger partial charge in [-0.2, -0.15) is 0 Å². The van der Waals surface area contributed by atoms with Crippen LogP contribution in [0.25, 0.3) is 0 Å². The summed E-state index contributed by atoms with van der Waals surface area (Å²) in [7, 11) is -2.36. The number of halogens is 1. The van der Waals surface area contributed by atoms with Crippen LogP contribution in [0.4, 0.5) is 0 Å². The van der Waals surface area contributed by atoms with Crippen molar-refractivity contribution in [1.29, 1.82) is 0 Å². The Hall–Kier alpha value is -1.48. The molecule has 1 aliphatic rings. The zero-order valence-corrected chi connectivity index (χ0v) is 13.8. The maximum Gasteiger partial charge on any atom is 0.261 e. The Morgan fingerprint density at radius 3 is 2.41 bits per heavy atom. The van der Waals surface area contributed by atoms with E-state index in [4.69, 9.17) is 5.73 Å². The number of hydrogen-bond donors (Lipinski definition) is 2. The first kappa shape index (κ1) is 18.6. The van der Waals surface area contributed by atoms with Gasteiger partial charge in [0.25, 0.3) is 11.8 Å². The van der Waals surface area contributed by atoms with Crippen LogP contribution in [0.1, 0.15) is 34.1 Å². The van der Waals surface area contributed by atoms with Gasteiger partial charge in [-0.15, -0.1) is 12.4 Å². The molecule has 9 heteroatoms. The van der Waals surface area contributed by atoms with Crippen LogP contribution in [0.3, 0.4) is 0 Å². The third-order valence-electron chi connectivity index (χ3n) is 3.26. The molecule has 1 aromatic carbocycles. The van der Waals surface area contributed by atoms with Crippen molar-refractivity contribution >= 4 is 34.2 Å². The fraction of sp³-hybridized carbons (Fsp3) is 0.385. The molecule has 3 N–H and O–H groups in total. The summed E-state index contributed by atoms with van der Waals surface area (Å²) in [6, 6.07) is 3.80. The molecule has 7 nitrogen and oxygen atoms in total. The Morgan fingerprint density at radius 1 is 1.23 bits per heavy atom. The molecule has 0 saturated heterocycles. The first-order valence-electron chi connectivity index (χ1n) is 6.45. The van der Waals surface area contributed by atoms with Crippen LogP contribution in [0, 0.1) is 0 Å². The van der Waals surface area contributed by atoms with E-state index in [-0.39, 0.29) is 41.0 Å². The van der Waals surface area contributed by atoms with Crippen molar-refractivity contribution in [2.75, 3.05) is 13.6 Å². The Labute approximate surface area is 135 Å². The van der Waals surface area contributed by atoms with Gasteiger partial charge in [0.05, 0.1) is 16.0 Å². The molecular weight excluding hydrogens is 330 g/mol. The summed E-state index contributed by atoms with van der Waals surface area (Å²) >= 11 is 0. The normalized spacial score (nSPS) is 15.5. The lowest BCUT2D eigenvalue weighted by atomic mass is 10.1. The molecule has 1 unspecified atom stereocenters. The van der Waals surface area contributed by atoms with Gasteiger partial charge in [0.15, 0.2) is 0 Å². The van der Waals surface area contributed by atoms with Crippen LogP contribution < -0.4 is 10.5 Å². The van der Waals surface area contributed by atoms with Gasteiger partial charge in [-0.1, -0.05) is 0 Å². The molecule has 1 atom stereocenters. The minimum absolute atomic E-state index is 0. The highest BCUT2D eigenvalue weighted by molar-refractivity contribution is 7.89. The molecule has 0 radical (unpaired) electrons. The number of hydrogen-bond acceptors (Lipinski definition) is 5. The molecule has 0 saturated carbocycles. The molecule has 0 aromatic heterocycles. The molecule has 0 spiro atoms. The van der Waals surface area contributed by atoms with E-state index in [2.05, 4.69) is 4.72 Å². The molecule has 122 valence electrons. The SMILES string of the molecule is CC(N)CCNS(=O)(=O)c1ccc2c(c1)C(=O)N(C)C2=O.Cl. The lowest BCUT2D eigenvalue weighted by Gasteiger charge is -2.09. The zero-order chi connectivity index (χ0) is 15.8. The average Bonchev–Trinajstić information content (AvgIpc) is 2.63. The summed E-state index contributed by atoms with van der Waals surface area (Å²) in [4.78, 5) is 24.5. The van der Waals surface area contributed by atoms with Crippen LogP contribution in [0.5, 0.6) is 0 Å². The lowest BCUT2D eigenvalue weighted by molar-refractivity contribution is 0.0693. The number of nitrogens with two attached hydrogens (primary N) is 1. The summed E-state index contributed by atoms with van der Waals surface area (Å²) in [5.74, 6) is -0.925. The third kappa shape index (κ3) is 3.46. The first-order chi connectivity index (χ1) is 9.74. The summed E-state index contributed by atoms with van der Waals surface area (Å²) < 4.78 is 26.7. The molecule has 22 heavy (non-hydrogen) atoms. The Balaban J connectivity index is 0.00000242. The summed E-state index contributed by atoms with van der Waals surface area (Å²) in [5.41, 5.74) is 5.89. The number of carbonyl (C=O) groups excluding carboxylic acids is 2. The highest BCUT2D eigenvalue weighted by Crippen LogP contribution is 2.24. The predicted molar refractivity (Wildman–Crippen MR) is 83.6 cm³/mol. The predicted octanol–water partition coefficient (Wildman–Crippen LogP) is 0.350. The van der Waals surface area contributed by atoms with E-state index in [9.17, 15) is 18.0 Å². The van der Waals surface area contributed by atoms with Crippen LogP contribution in [-0.4, -0.2) is 44.8 Å². The number of amides is 2. The largest absolute Gasteiger partial charge is 0.328 e. The molecule has 1 heterocycles. The fourth-order valence-corrected chi connectivity index (χ4v) is 3.09. The Kier molecular flexibility index (Phi) is 5.69. The van der Waals surface area contributed by atoms with Crippen molar-refractivity contribution < 1.29 is 18.0 Å². The van der Waals surface area contributed by atoms with Gasteiger partial charge >= 0.3 is 0 Å². The molecule has 2 rings (SSSR count). The van der Waals surface area contributed by atoms with Gasteiger partial charge in [0, 0.05) is 19.6 Å². The number of rotatable bonds is 5. The fourth-order valence-electron chi connectivity index (χ4n) is 2.01. The first-order valence-corrected chi connectivity index (χ1v) is 7.94. The van der Waals surface area contributed by atoms with Crippen molar-refractivity contribution in [2.45, 2.75) is 24.3 Å². The minimum Gasteiger partial charge on any atom is -0.328 e. The van der Waals surface area contributed by atoms with Gasteiger partial charge in [0.2, 0.25) is 10.0 Å². The van der Waals surface area contributed by atoms with Crippen molar-refractivity contribution in [3.63, 3.8) is 0 Å². The second-order valence-corrected chi connectivity index (χ2v) is 6.81. The maximum atomic E-state index is 12.1. The van der Waals surface area contributed by atoms with Gasteiger partial charge < -0.3 is 5.73 Å². The topological polar surface area (TPSA) is 110 Å². The van der Waals surface area contributed by atoms with Crippen molar-refractivity contribution in [1.82, 2.24) is 9.62 Å². The molecule has 1 aliphatic heterocycles. The number of sulfonamides is 1. The zero-order valence-electron chi connectivity index (χ0n) is 12.2. The van der Waals surface area contributed by atoms with E-state index in [1.165, 1.54) is 25.2 Å². The van der Waals surface area contributed by atoms with Crippen molar-refractivity contribution in [2.24, 2.45) is 5.73 Å². The summed E-state index contributed by atoms with van der Waals surface area (Å²) in [6.45, 7) is 1.99. The van der Waals surface area contributed by atoms with Crippen LogP contribution in [0.2, 0.25) is 0 Å². The number of carbonyl (C=O) groups is 2. The number of fused-ring (bicyclic) bond motifs is 1. The van der Waals surface area contributed by atoms with Crippen LogP contribution >= 0.6 is 12.4 Å².